The number of carbonyl (C=O) groups is 2. The molecule has 1 atom stereocenters. The Balaban J connectivity index is 2.08. The first-order chi connectivity index (χ1) is 14.0. The molecule has 0 aliphatic rings. The van der Waals surface area contributed by atoms with E-state index in [9.17, 15) is 14.0 Å². The first-order valence-electron chi connectivity index (χ1n) is 9.04. The van der Waals surface area contributed by atoms with Gasteiger partial charge in [0.2, 0.25) is 5.91 Å². The predicted octanol–water partition coefficient (Wildman–Crippen LogP) is 3.70. The number of rotatable bonds is 7. The summed E-state index contributed by atoms with van der Waals surface area (Å²) in [5, 5.41) is 0. The van der Waals surface area contributed by atoms with Crippen LogP contribution in [0.4, 0.5) is 4.39 Å². The van der Waals surface area contributed by atoms with E-state index in [-0.39, 0.29) is 12.1 Å². The lowest BCUT2D eigenvalue weighted by Gasteiger charge is -2.30. The third kappa shape index (κ3) is 4.60. The van der Waals surface area contributed by atoms with Gasteiger partial charge < -0.3 is 15.4 Å². The number of hydrogen-bond donors (Lipinski definition) is 1. The Labute approximate surface area is 168 Å². The van der Waals surface area contributed by atoms with E-state index in [0.29, 0.717) is 11.3 Å². The Hall–Kier alpha value is -3.67. The molecule has 5 nitrogen and oxygen atoms in total. The van der Waals surface area contributed by atoms with Crippen LogP contribution in [0.5, 0.6) is 5.75 Å². The van der Waals surface area contributed by atoms with Crippen LogP contribution in [0, 0.1) is 5.82 Å². The molecule has 3 aromatic rings. The van der Waals surface area contributed by atoms with Crippen molar-refractivity contribution in [3.05, 3.63) is 101 Å². The quantitative estimate of drug-likeness (QED) is 0.666. The van der Waals surface area contributed by atoms with Gasteiger partial charge in [-0.2, -0.15) is 0 Å². The third-order valence-electron chi connectivity index (χ3n) is 4.55. The molecule has 148 valence electrons. The second-order valence-electron chi connectivity index (χ2n) is 6.48. The van der Waals surface area contributed by atoms with Gasteiger partial charge in [-0.15, -0.1) is 0 Å². The predicted molar refractivity (Wildman–Crippen MR) is 108 cm³/mol. The molecule has 3 aromatic carbocycles. The summed E-state index contributed by atoms with van der Waals surface area (Å²) in [4.78, 5) is 27.0. The van der Waals surface area contributed by atoms with Gasteiger partial charge in [0.15, 0.2) is 0 Å². The van der Waals surface area contributed by atoms with Crippen LogP contribution < -0.4 is 10.5 Å². The van der Waals surface area contributed by atoms with E-state index in [1.165, 1.54) is 30.2 Å². The number of amides is 2. The standard InChI is InChI=1S/C23H21FN2O3/c1-29-18-11-7-8-16(14-18)15-26(23(28)19-12-5-6-13-20(19)24)21(22(25)27)17-9-3-2-4-10-17/h2-14,21H,15H2,1H3,(H2,25,27)/t21-/m1/s1. The summed E-state index contributed by atoms with van der Waals surface area (Å²) in [6, 6.07) is 20.4. The van der Waals surface area contributed by atoms with Crippen LogP contribution in [-0.4, -0.2) is 23.8 Å². The molecular formula is C23H21FN2O3. The fraction of sp³-hybridized carbons (Fsp3) is 0.130. The molecule has 29 heavy (non-hydrogen) atoms. The Morgan fingerprint density at radius 3 is 2.34 bits per heavy atom. The van der Waals surface area contributed by atoms with Crippen molar-refractivity contribution in [2.75, 3.05) is 7.11 Å². The highest BCUT2D eigenvalue weighted by Crippen LogP contribution is 2.27. The van der Waals surface area contributed by atoms with Crippen LogP contribution in [0.15, 0.2) is 78.9 Å². The van der Waals surface area contributed by atoms with Crippen molar-refractivity contribution < 1.29 is 18.7 Å². The van der Waals surface area contributed by atoms with Crippen LogP contribution in [0.1, 0.15) is 27.5 Å². The summed E-state index contributed by atoms with van der Waals surface area (Å²) < 4.78 is 19.6. The second kappa shape index (κ2) is 9.01. The number of nitrogens with zero attached hydrogens (tertiary/aromatic N) is 1. The van der Waals surface area contributed by atoms with Gasteiger partial charge in [0.1, 0.15) is 17.6 Å². The fourth-order valence-electron chi connectivity index (χ4n) is 3.17. The molecule has 0 spiro atoms. The number of halogens is 1. The lowest BCUT2D eigenvalue weighted by atomic mass is 10.0. The average Bonchev–Trinajstić information content (AvgIpc) is 2.74. The van der Waals surface area contributed by atoms with Crippen LogP contribution in [-0.2, 0) is 11.3 Å². The molecule has 0 unspecified atom stereocenters. The SMILES string of the molecule is COc1cccc(CN(C(=O)c2ccccc2F)[C@@H](C(N)=O)c2ccccc2)c1. The van der Waals surface area contributed by atoms with Crippen LogP contribution >= 0.6 is 0 Å². The number of hydrogen-bond acceptors (Lipinski definition) is 3. The second-order valence-corrected chi connectivity index (χ2v) is 6.48. The smallest absolute Gasteiger partial charge is 0.258 e. The summed E-state index contributed by atoms with van der Waals surface area (Å²) >= 11 is 0. The number of nitrogens with two attached hydrogens (primary N) is 1. The van der Waals surface area contributed by atoms with E-state index in [1.54, 1.807) is 60.7 Å². The van der Waals surface area contributed by atoms with Crippen molar-refractivity contribution in [3.8, 4) is 5.75 Å². The molecule has 0 saturated heterocycles. The lowest BCUT2D eigenvalue weighted by Crippen LogP contribution is -2.41. The van der Waals surface area contributed by atoms with Gasteiger partial charge in [-0.1, -0.05) is 54.6 Å². The maximum Gasteiger partial charge on any atom is 0.258 e. The maximum atomic E-state index is 14.3. The van der Waals surface area contributed by atoms with Crippen molar-refractivity contribution >= 4 is 11.8 Å². The van der Waals surface area contributed by atoms with E-state index >= 15 is 0 Å². The molecule has 2 amide bonds. The zero-order chi connectivity index (χ0) is 20.8. The van der Waals surface area contributed by atoms with Crippen LogP contribution in [0.3, 0.4) is 0 Å². The monoisotopic (exact) mass is 392 g/mol. The Morgan fingerprint density at radius 2 is 1.69 bits per heavy atom. The topological polar surface area (TPSA) is 72.6 Å². The van der Waals surface area contributed by atoms with Crippen molar-refractivity contribution in [1.82, 2.24) is 4.90 Å². The minimum absolute atomic E-state index is 0.0485. The molecule has 0 aliphatic heterocycles. The molecule has 0 aromatic heterocycles. The number of methoxy groups -OCH3 is 1. The summed E-state index contributed by atoms with van der Waals surface area (Å²) in [7, 11) is 1.54. The highest BCUT2D eigenvalue weighted by molar-refractivity contribution is 5.97. The van der Waals surface area contributed by atoms with Gasteiger partial charge in [0, 0.05) is 6.54 Å². The zero-order valence-electron chi connectivity index (χ0n) is 15.9. The van der Waals surface area contributed by atoms with E-state index in [0.717, 1.165) is 5.56 Å². The van der Waals surface area contributed by atoms with E-state index < -0.39 is 23.7 Å². The summed E-state index contributed by atoms with van der Waals surface area (Å²) in [6.45, 7) is 0.0485. The first kappa shape index (κ1) is 20.1. The van der Waals surface area contributed by atoms with Crippen molar-refractivity contribution in [2.45, 2.75) is 12.6 Å². The van der Waals surface area contributed by atoms with Crippen LogP contribution in [0.25, 0.3) is 0 Å². The number of primary amides is 1. The average molecular weight is 392 g/mol. The van der Waals surface area contributed by atoms with Gasteiger partial charge in [-0.3, -0.25) is 9.59 Å². The number of carbonyl (C=O) groups excluding carboxylic acids is 2. The van der Waals surface area contributed by atoms with Gasteiger partial charge in [0.25, 0.3) is 5.91 Å². The molecule has 0 bridgehead atoms. The highest BCUT2D eigenvalue weighted by Gasteiger charge is 2.31. The fourth-order valence-corrected chi connectivity index (χ4v) is 3.17. The van der Waals surface area contributed by atoms with Crippen molar-refractivity contribution in [3.63, 3.8) is 0 Å². The summed E-state index contributed by atoms with van der Waals surface area (Å²) in [5.41, 5.74) is 6.82. The number of ether oxygens (including phenoxy) is 1. The van der Waals surface area contributed by atoms with Crippen molar-refractivity contribution in [1.29, 1.82) is 0 Å². The summed E-state index contributed by atoms with van der Waals surface area (Å²) in [6.07, 6.45) is 0. The Kier molecular flexibility index (Phi) is 6.24. The minimum Gasteiger partial charge on any atom is -0.497 e. The molecule has 3 rings (SSSR count). The zero-order valence-corrected chi connectivity index (χ0v) is 15.9. The molecule has 0 aliphatic carbocycles. The lowest BCUT2D eigenvalue weighted by molar-refractivity contribution is -0.122. The highest BCUT2D eigenvalue weighted by atomic mass is 19.1. The van der Waals surface area contributed by atoms with Gasteiger partial charge in [-0.05, 0) is 35.4 Å². The third-order valence-corrected chi connectivity index (χ3v) is 4.55. The van der Waals surface area contributed by atoms with Crippen molar-refractivity contribution in [2.24, 2.45) is 5.73 Å². The van der Waals surface area contributed by atoms with Gasteiger partial charge in [-0.25, -0.2) is 4.39 Å². The first-order valence-corrected chi connectivity index (χ1v) is 9.04. The normalized spacial score (nSPS) is 11.5. The largest absolute Gasteiger partial charge is 0.497 e. The summed E-state index contributed by atoms with van der Waals surface area (Å²) in [5.74, 6) is -1.39. The van der Waals surface area contributed by atoms with E-state index in [4.69, 9.17) is 10.5 Å². The molecule has 0 radical (unpaired) electrons. The number of benzene rings is 3. The molecule has 0 saturated carbocycles. The molecule has 2 N–H and O–H groups in total. The van der Waals surface area contributed by atoms with Gasteiger partial charge in [0.05, 0.1) is 12.7 Å². The minimum atomic E-state index is -1.06. The Morgan fingerprint density at radius 1 is 1.00 bits per heavy atom. The van der Waals surface area contributed by atoms with Crippen LogP contribution in [0.2, 0.25) is 0 Å². The van der Waals surface area contributed by atoms with E-state index in [1.807, 2.05) is 0 Å². The Bertz CT molecular complexity index is 1010. The molecule has 0 heterocycles. The van der Waals surface area contributed by atoms with E-state index in [2.05, 4.69) is 0 Å². The molecule has 6 heteroatoms. The molecule has 0 fully saturated rings. The maximum absolute atomic E-state index is 14.3. The molecular weight excluding hydrogens is 371 g/mol. The van der Waals surface area contributed by atoms with Gasteiger partial charge >= 0.3 is 0 Å².